The molecule has 0 saturated heterocycles. The van der Waals surface area contributed by atoms with E-state index in [0.717, 1.165) is 17.7 Å². The molecule has 30 heavy (non-hydrogen) atoms. The van der Waals surface area contributed by atoms with Gasteiger partial charge < -0.3 is 10.3 Å². The number of amides is 1. The Morgan fingerprint density at radius 1 is 1.23 bits per heavy atom. The first-order chi connectivity index (χ1) is 14.4. The third-order valence-electron chi connectivity index (χ3n) is 7.04. The van der Waals surface area contributed by atoms with Crippen LogP contribution in [-0.4, -0.2) is 18.2 Å². The standard InChI is InChI=1S/C24H23N5O/c1-3-10-29-20-7-5-4-6-17(20)24(22(29)30)18-11-15(2)8-9-16(18)23(13-26,14-27)21(28)19(24)12-25/h4-7,9,15,18-19,28H,3,8,10-11H2,1-2H3/t15-,18-,19?,24+/m1/s1. The highest BCUT2D eigenvalue weighted by molar-refractivity contribution is 6.15. The summed E-state index contributed by atoms with van der Waals surface area (Å²) in [4.78, 5) is 15.8. The summed E-state index contributed by atoms with van der Waals surface area (Å²) in [6, 6.07) is 13.8. The van der Waals surface area contributed by atoms with E-state index in [4.69, 9.17) is 5.41 Å². The summed E-state index contributed by atoms with van der Waals surface area (Å²) in [5.41, 5.74) is -1.28. The van der Waals surface area contributed by atoms with E-state index in [1.807, 2.05) is 49.4 Å². The van der Waals surface area contributed by atoms with Crippen LogP contribution in [0.5, 0.6) is 0 Å². The molecule has 1 aromatic carbocycles. The first-order valence-corrected chi connectivity index (χ1v) is 10.4. The molecule has 4 rings (SSSR count). The number of nitrogens with zero attached hydrogens (tertiary/aromatic N) is 4. The molecule has 1 N–H and O–H groups in total. The van der Waals surface area contributed by atoms with Crippen LogP contribution < -0.4 is 4.90 Å². The van der Waals surface area contributed by atoms with E-state index in [1.54, 1.807) is 4.90 Å². The van der Waals surface area contributed by atoms with E-state index in [1.165, 1.54) is 0 Å². The third kappa shape index (κ3) is 2.16. The average molecular weight is 397 g/mol. The topological polar surface area (TPSA) is 116 Å². The van der Waals surface area contributed by atoms with Crippen molar-refractivity contribution in [3.8, 4) is 18.2 Å². The molecule has 1 spiro atoms. The molecule has 2 aliphatic carbocycles. The summed E-state index contributed by atoms with van der Waals surface area (Å²) < 4.78 is 0. The summed E-state index contributed by atoms with van der Waals surface area (Å²) in [5.74, 6) is -1.57. The van der Waals surface area contributed by atoms with Crippen LogP contribution in [0.1, 0.15) is 38.7 Å². The number of carbonyl (C=O) groups is 1. The van der Waals surface area contributed by atoms with E-state index in [2.05, 4.69) is 13.0 Å². The minimum absolute atomic E-state index is 0.184. The van der Waals surface area contributed by atoms with Crippen molar-refractivity contribution in [2.45, 2.75) is 38.5 Å². The number of nitrogens with one attached hydrogen (secondary N) is 1. The second-order valence-corrected chi connectivity index (χ2v) is 8.58. The predicted molar refractivity (Wildman–Crippen MR) is 111 cm³/mol. The molecule has 1 amide bonds. The Morgan fingerprint density at radius 2 is 1.93 bits per heavy atom. The average Bonchev–Trinajstić information content (AvgIpc) is 3.00. The van der Waals surface area contributed by atoms with Crippen molar-refractivity contribution in [2.24, 2.45) is 23.2 Å². The zero-order valence-corrected chi connectivity index (χ0v) is 17.1. The molecule has 3 aliphatic rings. The van der Waals surface area contributed by atoms with Gasteiger partial charge in [-0.2, -0.15) is 15.8 Å². The van der Waals surface area contributed by atoms with Gasteiger partial charge in [0.1, 0.15) is 11.3 Å². The van der Waals surface area contributed by atoms with Crippen LogP contribution in [0.3, 0.4) is 0 Å². The van der Waals surface area contributed by atoms with Crippen LogP contribution in [0.15, 0.2) is 35.9 Å². The number of hydrogen-bond donors (Lipinski definition) is 1. The highest BCUT2D eigenvalue weighted by atomic mass is 16.2. The van der Waals surface area contributed by atoms with Crippen molar-refractivity contribution < 1.29 is 4.79 Å². The summed E-state index contributed by atoms with van der Waals surface area (Å²) in [6.07, 6.45) is 3.93. The maximum absolute atomic E-state index is 14.1. The minimum Gasteiger partial charge on any atom is -0.311 e. The fourth-order valence-electron chi connectivity index (χ4n) is 5.75. The van der Waals surface area contributed by atoms with Crippen LogP contribution >= 0.6 is 0 Å². The second-order valence-electron chi connectivity index (χ2n) is 8.58. The first-order valence-electron chi connectivity index (χ1n) is 10.4. The highest BCUT2D eigenvalue weighted by Crippen LogP contribution is 2.62. The third-order valence-corrected chi connectivity index (χ3v) is 7.04. The van der Waals surface area contributed by atoms with Gasteiger partial charge in [0.25, 0.3) is 0 Å². The van der Waals surface area contributed by atoms with E-state index >= 15 is 0 Å². The van der Waals surface area contributed by atoms with E-state index in [-0.39, 0.29) is 17.5 Å². The van der Waals surface area contributed by atoms with Gasteiger partial charge >= 0.3 is 0 Å². The molecule has 1 heterocycles. The first kappa shape index (κ1) is 19.9. The Kier molecular flexibility index (Phi) is 4.52. The predicted octanol–water partition coefficient (Wildman–Crippen LogP) is 3.86. The molecule has 1 fully saturated rings. The van der Waals surface area contributed by atoms with Crippen LogP contribution in [0.25, 0.3) is 0 Å². The number of allylic oxidation sites excluding steroid dienone is 2. The highest BCUT2D eigenvalue weighted by Gasteiger charge is 2.69. The smallest absolute Gasteiger partial charge is 0.240 e. The van der Waals surface area contributed by atoms with Gasteiger partial charge in [-0.25, -0.2) is 0 Å². The Hall–Kier alpha value is -3.43. The Labute approximate surface area is 176 Å². The number of hydrogen-bond acceptors (Lipinski definition) is 5. The molecule has 150 valence electrons. The molecule has 6 nitrogen and oxygen atoms in total. The van der Waals surface area contributed by atoms with Crippen LogP contribution in [-0.2, 0) is 10.2 Å². The molecule has 1 unspecified atom stereocenters. The zero-order valence-electron chi connectivity index (χ0n) is 17.1. The molecule has 0 aromatic heterocycles. The number of carbonyl (C=O) groups excluding carboxylic acids is 1. The SMILES string of the molecule is CCCN1C(=O)[C@]2(c3ccccc31)C(C#N)C(=N)C(C#N)(C#N)C1=CC[C@@H](C)C[C@H]12. The van der Waals surface area contributed by atoms with Crippen molar-refractivity contribution >= 4 is 17.3 Å². The molecule has 1 aromatic rings. The zero-order chi connectivity index (χ0) is 21.7. The lowest BCUT2D eigenvalue weighted by Crippen LogP contribution is -2.62. The quantitative estimate of drug-likeness (QED) is 0.763. The van der Waals surface area contributed by atoms with Gasteiger partial charge in [0.05, 0.1) is 23.9 Å². The Bertz CT molecular complexity index is 1080. The number of fused-ring (bicyclic) bond motifs is 4. The minimum atomic E-state index is -1.79. The van der Waals surface area contributed by atoms with Gasteiger partial charge in [-0.05, 0) is 42.4 Å². The Morgan fingerprint density at radius 3 is 2.57 bits per heavy atom. The van der Waals surface area contributed by atoms with E-state index < -0.39 is 22.7 Å². The summed E-state index contributed by atoms with van der Waals surface area (Å²) in [7, 11) is 0. The van der Waals surface area contributed by atoms with Gasteiger partial charge in [0.2, 0.25) is 11.3 Å². The van der Waals surface area contributed by atoms with Crippen LogP contribution in [0.4, 0.5) is 5.69 Å². The largest absolute Gasteiger partial charge is 0.311 e. The van der Waals surface area contributed by atoms with Crippen LogP contribution in [0, 0.1) is 62.6 Å². The molecule has 1 saturated carbocycles. The number of benzene rings is 1. The molecule has 0 bridgehead atoms. The number of nitriles is 3. The van der Waals surface area contributed by atoms with Crippen molar-refractivity contribution in [2.75, 3.05) is 11.4 Å². The summed E-state index contributed by atoms with van der Waals surface area (Å²) >= 11 is 0. The number of anilines is 1. The lowest BCUT2D eigenvalue weighted by Gasteiger charge is -2.51. The van der Waals surface area contributed by atoms with Crippen molar-refractivity contribution in [1.82, 2.24) is 0 Å². The van der Waals surface area contributed by atoms with Gasteiger partial charge in [0, 0.05) is 18.2 Å². The van der Waals surface area contributed by atoms with Gasteiger partial charge in [-0.1, -0.05) is 38.1 Å². The number of rotatable bonds is 2. The molecular formula is C24H23N5O. The van der Waals surface area contributed by atoms with Gasteiger partial charge in [-0.3, -0.25) is 4.79 Å². The fourth-order valence-corrected chi connectivity index (χ4v) is 5.75. The van der Waals surface area contributed by atoms with E-state index in [0.29, 0.717) is 25.0 Å². The van der Waals surface area contributed by atoms with Crippen molar-refractivity contribution in [1.29, 1.82) is 21.2 Å². The normalized spacial score (nSPS) is 31.2. The second kappa shape index (κ2) is 6.82. The lowest BCUT2D eigenvalue weighted by atomic mass is 9.46. The molecule has 1 aliphatic heterocycles. The van der Waals surface area contributed by atoms with E-state index in [9.17, 15) is 20.6 Å². The van der Waals surface area contributed by atoms with Crippen molar-refractivity contribution in [3.05, 3.63) is 41.5 Å². The molecule has 6 heteroatoms. The number of para-hydroxylation sites is 1. The van der Waals surface area contributed by atoms with Gasteiger partial charge in [-0.15, -0.1) is 0 Å². The molecular weight excluding hydrogens is 374 g/mol. The van der Waals surface area contributed by atoms with Crippen LogP contribution in [0.2, 0.25) is 0 Å². The maximum Gasteiger partial charge on any atom is 0.240 e. The van der Waals surface area contributed by atoms with Crippen molar-refractivity contribution in [3.63, 3.8) is 0 Å². The Balaban J connectivity index is 2.08. The summed E-state index contributed by atoms with van der Waals surface area (Å²) in [6.45, 7) is 4.60. The maximum atomic E-state index is 14.1. The lowest BCUT2D eigenvalue weighted by molar-refractivity contribution is -0.126. The van der Waals surface area contributed by atoms with Gasteiger partial charge in [0.15, 0.2) is 0 Å². The molecule has 0 radical (unpaired) electrons. The fraction of sp³-hybridized carbons (Fsp3) is 0.458. The molecule has 4 atom stereocenters. The summed E-state index contributed by atoms with van der Waals surface area (Å²) in [5, 5.41) is 39.1. The monoisotopic (exact) mass is 397 g/mol.